The summed E-state index contributed by atoms with van der Waals surface area (Å²) in [5.41, 5.74) is 0.977. The highest BCUT2D eigenvalue weighted by molar-refractivity contribution is 14.2. The fourth-order valence-electron chi connectivity index (χ4n) is 1.92. The Kier molecular flexibility index (Phi) is 4.84. The first-order valence-electron chi connectivity index (χ1n) is 5.79. The van der Waals surface area contributed by atoms with E-state index in [1.54, 1.807) is 16.1 Å². The summed E-state index contributed by atoms with van der Waals surface area (Å²) >= 11 is 1.99. The minimum atomic E-state index is -0.576. The second-order valence-electron chi connectivity index (χ2n) is 4.22. The van der Waals surface area contributed by atoms with E-state index in [-0.39, 0.29) is 23.8 Å². The molecular formula is C13H9FIN3O2S. The normalized spacial score (nSPS) is 10.4. The molecule has 1 aromatic heterocycles. The number of amides is 1. The first kappa shape index (κ1) is 15.8. The molecule has 1 aromatic carbocycles. The molecule has 0 fully saturated rings. The first-order chi connectivity index (χ1) is 9.97. The second-order valence-corrected chi connectivity index (χ2v) is 5.91. The fourth-order valence-corrected chi connectivity index (χ4v) is 3.65. The number of carbonyl (C=O) groups excluding carboxylic acids is 2. The summed E-state index contributed by atoms with van der Waals surface area (Å²) in [6.07, 6.45) is -0.242. The van der Waals surface area contributed by atoms with E-state index in [9.17, 15) is 14.0 Å². The van der Waals surface area contributed by atoms with E-state index in [0.29, 0.717) is 16.6 Å². The van der Waals surface area contributed by atoms with Gasteiger partial charge in [0.25, 0.3) is 0 Å². The van der Waals surface area contributed by atoms with Crippen molar-refractivity contribution in [2.75, 3.05) is 5.32 Å². The number of carbonyl (C=O) groups is 2. The number of hydrogen-bond donors (Lipinski definition) is 1. The number of anilines is 1. The molecule has 108 valence electrons. The van der Waals surface area contributed by atoms with Gasteiger partial charge >= 0.3 is 0 Å². The Morgan fingerprint density at radius 1 is 1.48 bits per heavy atom. The number of hydrogen-bond acceptors (Lipinski definition) is 4. The lowest BCUT2D eigenvalue weighted by molar-refractivity contribution is -0.114. The molecule has 0 atom stereocenters. The molecule has 2 aromatic rings. The largest absolute Gasteiger partial charge is 0.324 e. The Labute approximate surface area is 136 Å². The molecule has 0 spiro atoms. The fraction of sp³-hybridized carbons (Fsp3) is 0.154. The maximum atomic E-state index is 13.9. The third-order valence-electron chi connectivity index (χ3n) is 2.75. The van der Waals surface area contributed by atoms with Crippen LogP contribution in [-0.4, -0.2) is 15.7 Å². The van der Waals surface area contributed by atoms with Crippen LogP contribution >= 0.6 is 30.3 Å². The Hall–Kier alpha value is -1.60. The Balaban J connectivity index is 2.63. The lowest BCUT2D eigenvalue weighted by Crippen LogP contribution is -2.07. The lowest BCUT2D eigenvalue weighted by atomic mass is 10.2. The molecule has 5 nitrogen and oxygen atoms in total. The molecule has 1 heterocycles. The predicted octanol–water partition coefficient (Wildman–Crippen LogP) is 3.68. The van der Waals surface area contributed by atoms with Crippen molar-refractivity contribution in [1.29, 1.82) is 5.26 Å². The number of ketones is 1. The molecule has 1 amide bonds. The van der Waals surface area contributed by atoms with Crippen LogP contribution in [0.2, 0.25) is 0 Å². The highest BCUT2D eigenvalue weighted by atomic mass is 127. The predicted molar refractivity (Wildman–Crippen MR) is 87.8 cm³/mol. The van der Waals surface area contributed by atoms with Gasteiger partial charge in [-0.3, -0.25) is 13.6 Å². The van der Waals surface area contributed by atoms with Crippen LogP contribution < -0.4 is 5.32 Å². The SMILES string of the molecule is CC(=O)Nc1cc2c(cc1F)cc(C(=O)CC#N)n2SI. The van der Waals surface area contributed by atoms with Crippen LogP contribution in [-0.2, 0) is 4.79 Å². The van der Waals surface area contributed by atoms with E-state index in [2.05, 4.69) is 5.32 Å². The van der Waals surface area contributed by atoms with Crippen LogP contribution in [0, 0.1) is 17.1 Å². The number of Topliss-reactive ketones (excluding diaryl/α,β-unsaturated/α-hetero) is 1. The molecule has 0 aliphatic carbocycles. The molecule has 8 heteroatoms. The van der Waals surface area contributed by atoms with E-state index < -0.39 is 5.82 Å². The first-order valence-corrected chi connectivity index (χ1v) is 9.11. The number of rotatable bonds is 4. The number of aromatic nitrogens is 1. The van der Waals surface area contributed by atoms with Gasteiger partial charge in [0.15, 0.2) is 5.78 Å². The van der Waals surface area contributed by atoms with Crippen LogP contribution in [0.15, 0.2) is 18.2 Å². The van der Waals surface area contributed by atoms with Crippen LogP contribution in [0.4, 0.5) is 10.1 Å². The van der Waals surface area contributed by atoms with Gasteiger partial charge in [-0.15, -0.1) is 0 Å². The zero-order valence-corrected chi connectivity index (χ0v) is 13.8. The van der Waals surface area contributed by atoms with Crippen LogP contribution in [0.25, 0.3) is 10.9 Å². The Morgan fingerprint density at radius 3 is 2.76 bits per heavy atom. The minimum absolute atomic E-state index is 0.0547. The quantitative estimate of drug-likeness (QED) is 0.609. The lowest BCUT2D eigenvalue weighted by Gasteiger charge is -2.06. The number of benzene rings is 1. The Morgan fingerprint density at radius 2 is 2.19 bits per heavy atom. The molecule has 2 rings (SSSR count). The summed E-state index contributed by atoms with van der Waals surface area (Å²) in [5, 5.41) is 11.6. The molecular weight excluding hydrogens is 408 g/mol. The topological polar surface area (TPSA) is 74.9 Å². The third kappa shape index (κ3) is 3.19. The number of fused-ring (bicyclic) bond motifs is 1. The summed E-state index contributed by atoms with van der Waals surface area (Å²) in [5.74, 6) is -1.29. The molecule has 0 aliphatic heterocycles. The molecule has 21 heavy (non-hydrogen) atoms. The van der Waals surface area contributed by atoms with E-state index in [1.165, 1.54) is 28.2 Å². The van der Waals surface area contributed by atoms with Crippen LogP contribution in [0.1, 0.15) is 23.8 Å². The average molecular weight is 417 g/mol. The zero-order chi connectivity index (χ0) is 15.6. The van der Waals surface area contributed by atoms with Gasteiger partial charge in [0, 0.05) is 42.6 Å². The van der Waals surface area contributed by atoms with Crippen LogP contribution in [0.3, 0.4) is 0 Å². The smallest absolute Gasteiger partial charge is 0.221 e. The molecule has 0 aliphatic rings. The van der Waals surface area contributed by atoms with Gasteiger partial charge in [-0.05, 0) is 18.2 Å². The van der Waals surface area contributed by atoms with Crippen LogP contribution in [0.5, 0.6) is 0 Å². The van der Waals surface area contributed by atoms with E-state index in [1.807, 2.05) is 21.2 Å². The van der Waals surface area contributed by atoms with E-state index in [4.69, 9.17) is 5.26 Å². The number of nitriles is 1. The van der Waals surface area contributed by atoms with Gasteiger partial charge in [0.2, 0.25) is 5.91 Å². The molecule has 0 unspecified atom stereocenters. The minimum Gasteiger partial charge on any atom is -0.324 e. The van der Waals surface area contributed by atoms with E-state index in [0.717, 1.165) is 0 Å². The highest BCUT2D eigenvalue weighted by Gasteiger charge is 2.18. The molecule has 0 radical (unpaired) electrons. The van der Waals surface area contributed by atoms with Crippen molar-refractivity contribution in [2.24, 2.45) is 0 Å². The van der Waals surface area contributed by atoms with E-state index >= 15 is 0 Å². The van der Waals surface area contributed by atoms with Crippen molar-refractivity contribution in [3.8, 4) is 6.07 Å². The maximum absolute atomic E-state index is 13.9. The third-order valence-corrected chi connectivity index (χ3v) is 4.46. The van der Waals surface area contributed by atoms with Gasteiger partial charge in [-0.1, -0.05) is 0 Å². The summed E-state index contributed by atoms with van der Waals surface area (Å²) in [6, 6.07) is 6.08. The van der Waals surface area contributed by atoms with Gasteiger partial charge in [0.1, 0.15) is 12.2 Å². The summed E-state index contributed by atoms with van der Waals surface area (Å²) < 4.78 is 15.5. The monoisotopic (exact) mass is 417 g/mol. The van der Waals surface area contributed by atoms with Gasteiger partial charge in [-0.2, -0.15) is 5.26 Å². The molecule has 0 saturated carbocycles. The highest BCUT2D eigenvalue weighted by Crippen LogP contribution is 2.32. The van der Waals surface area contributed by atoms with Crippen molar-refractivity contribution >= 4 is 58.6 Å². The van der Waals surface area contributed by atoms with Crippen molar-refractivity contribution < 1.29 is 14.0 Å². The second kappa shape index (κ2) is 6.44. The number of halogens is 2. The molecule has 0 saturated heterocycles. The molecule has 1 N–H and O–H groups in total. The number of nitrogens with one attached hydrogen (secondary N) is 1. The number of nitrogens with zero attached hydrogens (tertiary/aromatic N) is 2. The summed E-state index contributed by atoms with van der Waals surface area (Å²) in [6.45, 7) is 1.29. The average Bonchev–Trinajstić information content (AvgIpc) is 2.76. The van der Waals surface area contributed by atoms with Gasteiger partial charge in [-0.25, -0.2) is 4.39 Å². The van der Waals surface area contributed by atoms with Crippen molar-refractivity contribution in [3.05, 3.63) is 29.7 Å². The van der Waals surface area contributed by atoms with Crippen molar-refractivity contribution in [3.63, 3.8) is 0 Å². The van der Waals surface area contributed by atoms with Crippen molar-refractivity contribution in [2.45, 2.75) is 13.3 Å². The summed E-state index contributed by atoms with van der Waals surface area (Å²) in [4.78, 5) is 23.0. The van der Waals surface area contributed by atoms with Gasteiger partial charge in [0.05, 0.1) is 23.0 Å². The molecule has 0 bridgehead atoms. The van der Waals surface area contributed by atoms with Gasteiger partial charge < -0.3 is 5.32 Å². The standard InChI is InChI=1S/C13H9FIN3O2S/c1-7(19)17-10-6-11-8(4-9(10)14)5-12(18(11)21-15)13(20)2-3-16/h4-6H,2H2,1H3,(H,17,19). The zero-order valence-electron chi connectivity index (χ0n) is 10.8. The summed E-state index contributed by atoms with van der Waals surface area (Å²) in [7, 11) is 1.24. The Bertz CT molecular complexity index is 782. The maximum Gasteiger partial charge on any atom is 0.221 e. The van der Waals surface area contributed by atoms with Crippen molar-refractivity contribution in [1.82, 2.24) is 3.97 Å².